The standard InChI is InChI=1S/C11H18N4O3/c1-4-8-10(6-15(3)14-8)12-5-9(11(17)18)13-7(2)16/h6,9,12H,4-5H2,1-3H3,(H,13,16)(H,17,18). The number of nitrogens with one attached hydrogen (secondary N) is 2. The maximum Gasteiger partial charge on any atom is 0.328 e. The molecule has 0 fully saturated rings. The van der Waals surface area contributed by atoms with E-state index in [1.807, 2.05) is 6.92 Å². The van der Waals surface area contributed by atoms with Crippen LogP contribution in [0.5, 0.6) is 0 Å². The predicted molar refractivity (Wildman–Crippen MR) is 66.3 cm³/mol. The Bertz CT molecular complexity index is 441. The molecule has 1 unspecified atom stereocenters. The molecule has 7 nitrogen and oxygen atoms in total. The first-order chi connectivity index (χ1) is 8.43. The van der Waals surface area contributed by atoms with E-state index in [9.17, 15) is 9.59 Å². The maximum atomic E-state index is 10.9. The SMILES string of the molecule is CCc1nn(C)cc1NCC(NC(C)=O)C(=O)O. The molecule has 0 aliphatic carbocycles. The largest absolute Gasteiger partial charge is 0.480 e. The number of aliphatic carboxylic acids is 1. The van der Waals surface area contributed by atoms with Crippen LogP contribution in [0.1, 0.15) is 19.5 Å². The third kappa shape index (κ3) is 3.76. The molecule has 0 spiro atoms. The number of carboxylic acids is 1. The number of anilines is 1. The number of aromatic nitrogens is 2. The maximum absolute atomic E-state index is 10.9. The Morgan fingerprint density at radius 3 is 2.72 bits per heavy atom. The fourth-order valence-corrected chi connectivity index (χ4v) is 1.60. The molecule has 0 aromatic carbocycles. The number of amides is 1. The molecule has 0 saturated heterocycles. The predicted octanol–water partition coefficient (Wildman–Crippen LogP) is -0.0163. The highest BCUT2D eigenvalue weighted by molar-refractivity contribution is 5.82. The minimum Gasteiger partial charge on any atom is -0.480 e. The zero-order chi connectivity index (χ0) is 13.7. The van der Waals surface area contributed by atoms with Gasteiger partial charge < -0.3 is 15.7 Å². The first-order valence-electron chi connectivity index (χ1n) is 5.70. The van der Waals surface area contributed by atoms with Gasteiger partial charge in [-0.05, 0) is 6.42 Å². The van der Waals surface area contributed by atoms with Gasteiger partial charge in [-0.15, -0.1) is 0 Å². The summed E-state index contributed by atoms with van der Waals surface area (Å²) in [6.07, 6.45) is 2.53. The van der Waals surface area contributed by atoms with Crippen LogP contribution in [0.4, 0.5) is 5.69 Å². The van der Waals surface area contributed by atoms with E-state index in [0.29, 0.717) is 0 Å². The number of nitrogens with zero attached hydrogens (tertiary/aromatic N) is 2. The summed E-state index contributed by atoms with van der Waals surface area (Å²) < 4.78 is 1.66. The number of rotatable bonds is 6. The Kier molecular flexibility index (Phi) is 4.70. The van der Waals surface area contributed by atoms with E-state index in [0.717, 1.165) is 17.8 Å². The topological polar surface area (TPSA) is 96.3 Å². The molecular weight excluding hydrogens is 236 g/mol. The lowest BCUT2D eigenvalue weighted by molar-refractivity contribution is -0.141. The van der Waals surface area contributed by atoms with Gasteiger partial charge in [0, 0.05) is 26.7 Å². The Morgan fingerprint density at radius 1 is 1.56 bits per heavy atom. The highest BCUT2D eigenvalue weighted by Crippen LogP contribution is 2.13. The van der Waals surface area contributed by atoms with Gasteiger partial charge in [0.1, 0.15) is 6.04 Å². The molecule has 1 heterocycles. The van der Waals surface area contributed by atoms with Crippen molar-refractivity contribution in [2.24, 2.45) is 7.05 Å². The van der Waals surface area contributed by atoms with Crippen LogP contribution in [-0.4, -0.2) is 39.4 Å². The van der Waals surface area contributed by atoms with Gasteiger partial charge in [0.05, 0.1) is 11.4 Å². The van der Waals surface area contributed by atoms with Crippen molar-refractivity contribution in [3.63, 3.8) is 0 Å². The zero-order valence-corrected chi connectivity index (χ0v) is 10.7. The van der Waals surface area contributed by atoms with Crippen LogP contribution in [0.15, 0.2) is 6.20 Å². The van der Waals surface area contributed by atoms with Gasteiger partial charge in [0.25, 0.3) is 0 Å². The van der Waals surface area contributed by atoms with E-state index in [1.54, 1.807) is 17.9 Å². The number of hydrogen-bond acceptors (Lipinski definition) is 4. The third-order valence-electron chi connectivity index (χ3n) is 2.41. The first kappa shape index (κ1) is 14.0. The van der Waals surface area contributed by atoms with Crippen LogP contribution in [0, 0.1) is 0 Å². The molecule has 100 valence electrons. The van der Waals surface area contributed by atoms with Crippen molar-refractivity contribution in [2.75, 3.05) is 11.9 Å². The molecule has 1 rings (SSSR count). The smallest absolute Gasteiger partial charge is 0.328 e. The molecular formula is C11H18N4O3. The lowest BCUT2D eigenvalue weighted by Crippen LogP contribution is -2.44. The average molecular weight is 254 g/mol. The molecule has 0 radical (unpaired) electrons. The summed E-state index contributed by atoms with van der Waals surface area (Å²) in [5.74, 6) is -1.44. The Morgan fingerprint density at radius 2 is 2.22 bits per heavy atom. The summed E-state index contributed by atoms with van der Waals surface area (Å²) in [6, 6.07) is -0.951. The summed E-state index contributed by atoms with van der Waals surface area (Å²) in [7, 11) is 1.80. The number of carboxylic acid groups (broad SMARTS) is 1. The van der Waals surface area contributed by atoms with Gasteiger partial charge >= 0.3 is 5.97 Å². The van der Waals surface area contributed by atoms with Gasteiger partial charge in [0.15, 0.2) is 0 Å². The van der Waals surface area contributed by atoms with Crippen LogP contribution in [-0.2, 0) is 23.1 Å². The van der Waals surface area contributed by atoms with Gasteiger partial charge in [-0.3, -0.25) is 9.48 Å². The number of carbonyl (C=O) groups is 2. The van der Waals surface area contributed by atoms with Crippen LogP contribution in [0.2, 0.25) is 0 Å². The first-order valence-corrected chi connectivity index (χ1v) is 5.70. The van der Waals surface area contributed by atoms with Crippen molar-refractivity contribution < 1.29 is 14.7 Å². The Labute approximate surface area is 105 Å². The quantitative estimate of drug-likeness (QED) is 0.663. The highest BCUT2D eigenvalue weighted by atomic mass is 16.4. The fourth-order valence-electron chi connectivity index (χ4n) is 1.60. The monoisotopic (exact) mass is 254 g/mol. The third-order valence-corrected chi connectivity index (χ3v) is 2.41. The van der Waals surface area contributed by atoms with Crippen LogP contribution >= 0.6 is 0 Å². The Balaban J connectivity index is 2.66. The molecule has 0 bridgehead atoms. The van der Waals surface area contributed by atoms with Crippen LogP contribution in [0.3, 0.4) is 0 Å². The molecule has 0 aliphatic rings. The van der Waals surface area contributed by atoms with Gasteiger partial charge in [-0.1, -0.05) is 6.92 Å². The molecule has 1 aromatic rings. The molecule has 1 atom stereocenters. The number of carbonyl (C=O) groups excluding carboxylic acids is 1. The molecule has 1 amide bonds. The normalized spacial score (nSPS) is 11.9. The minimum absolute atomic E-state index is 0.119. The van der Waals surface area contributed by atoms with Gasteiger partial charge in [0.2, 0.25) is 5.91 Å². The summed E-state index contributed by atoms with van der Waals surface area (Å²) >= 11 is 0. The van der Waals surface area contributed by atoms with Crippen molar-refractivity contribution in [3.8, 4) is 0 Å². The molecule has 3 N–H and O–H groups in total. The minimum atomic E-state index is -1.07. The molecule has 0 saturated carbocycles. The molecule has 18 heavy (non-hydrogen) atoms. The highest BCUT2D eigenvalue weighted by Gasteiger charge is 2.18. The van der Waals surface area contributed by atoms with E-state index in [4.69, 9.17) is 5.11 Å². The molecule has 0 aliphatic heterocycles. The zero-order valence-electron chi connectivity index (χ0n) is 10.7. The van der Waals surface area contributed by atoms with Crippen LogP contribution < -0.4 is 10.6 Å². The van der Waals surface area contributed by atoms with Crippen molar-refractivity contribution in [1.82, 2.24) is 15.1 Å². The van der Waals surface area contributed by atoms with Crippen molar-refractivity contribution in [1.29, 1.82) is 0 Å². The van der Waals surface area contributed by atoms with E-state index in [1.165, 1.54) is 6.92 Å². The summed E-state index contributed by atoms with van der Waals surface area (Å²) in [5, 5.41) is 18.5. The second-order valence-corrected chi connectivity index (χ2v) is 3.99. The van der Waals surface area contributed by atoms with Crippen LogP contribution in [0.25, 0.3) is 0 Å². The van der Waals surface area contributed by atoms with E-state index in [2.05, 4.69) is 15.7 Å². The lowest BCUT2D eigenvalue weighted by Gasteiger charge is -2.14. The summed E-state index contributed by atoms with van der Waals surface area (Å²) in [5.41, 5.74) is 1.65. The van der Waals surface area contributed by atoms with Crippen molar-refractivity contribution in [3.05, 3.63) is 11.9 Å². The fraction of sp³-hybridized carbons (Fsp3) is 0.545. The van der Waals surface area contributed by atoms with E-state index in [-0.39, 0.29) is 12.5 Å². The number of hydrogen-bond donors (Lipinski definition) is 3. The van der Waals surface area contributed by atoms with Crippen molar-refractivity contribution in [2.45, 2.75) is 26.3 Å². The van der Waals surface area contributed by atoms with Gasteiger partial charge in [-0.25, -0.2) is 4.79 Å². The number of aryl methyl sites for hydroxylation is 2. The molecule has 1 aromatic heterocycles. The average Bonchev–Trinajstić information content (AvgIpc) is 2.64. The second-order valence-electron chi connectivity index (χ2n) is 3.99. The van der Waals surface area contributed by atoms with Gasteiger partial charge in [-0.2, -0.15) is 5.10 Å². The summed E-state index contributed by atoms with van der Waals surface area (Å²) in [4.78, 5) is 21.8. The molecule has 7 heteroatoms. The second kappa shape index (κ2) is 6.04. The van der Waals surface area contributed by atoms with Crippen molar-refractivity contribution >= 4 is 17.6 Å². The Hall–Kier alpha value is -2.05. The van der Waals surface area contributed by atoms with E-state index < -0.39 is 12.0 Å². The van der Waals surface area contributed by atoms with E-state index >= 15 is 0 Å². The summed E-state index contributed by atoms with van der Waals surface area (Å²) in [6.45, 7) is 3.38. The lowest BCUT2D eigenvalue weighted by atomic mass is 10.2.